The summed E-state index contributed by atoms with van der Waals surface area (Å²) in [6.45, 7) is 1.28. The van der Waals surface area contributed by atoms with Crippen molar-refractivity contribution >= 4 is 5.91 Å². The minimum Gasteiger partial charge on any atom is -0.352 e. The van der Waals surface area contributed by atoms with Crippen LogP contribution in [0.5, 0.6) is 0 Å². The first-order chi connectivity index (χ1) is 7.84. The highest BCUT2D eigenvalue weighted by Gasteiger charge is 2.22. The second kappa shape index (κ2) is 5.66. The fourth-order valence-electron chi connectivity index (χ4n) is 1.59. The Kier molecular flexibility index (Phi) is 3.94. The molecule has 1 saturated carbocycles. The van der Waals surface area contributed by atoms with Gasteiger partial charge in [0.1, 0.15) is 0 Å². The van der Waals surface area contributed by atoms with Crippen LogP contribution in [0.3, 0.4) is 0 Å². The molecule has 3 nitrogen and oxygen atoms in total. The number of rotatable bonds is 6. The fraction of sp³-hybridized carbons (Fsp3) is 0.462. The minimum atomic E-state index is 0.121. The first-order valence-corrected chi connectivity index (χ1v) is 5.88. The molecule has 3 heteroatoms. The molecule has 0 atom stereocenters. The van der Waals surface area contributed by atoms with Crippen molar-refractivity contribution < 1.29 is 4.79 Å². The maximum absolute atomic E-state index is 11.3. The molecule has 2 N–H and O–H groups in total. The molecule has 1 aliphatic carbocycles. The molecule has 0 unspecified atom stereocenters. The van der Waals surface area contributed by atoms with Gasteiger partial charge in [0.15, 0.2) is 0 Å². The van der Waals surface area contributed by atoms with Crippen molar-refractivity contribution in [3.8, 4) is 0 Å². The molecule has 0 aromatic heterocycles. The summed E-state index contributed by atoms with van der Waals surface area (Å²) in [5, 5.41) is 6.11. The Morgan fingerprint density at radius 2 is 2.00 bits per heavy atom. The summed E-state index contributed by atoms with van der Waals surface area (Å²) < 4.78 is 0. The third-order valence-corrected chi connectivity index (χ3v) is 2.66. The zero-order chi connectivity index (χ0) is 11.2. The highest BCUT2D eigenvalue weighted by Crippen LogP contribution is 2.18. The van der Waals surface area contributed by atoms with Gasteiger partial charge < -0.3 is 10.6 Å². The van der Waals surface area contributed by atoms with Crippen molar-refractivity contribution in [1.82, 2.24) is 10.6 Å². The predicted molar refractivity (Wildman–Crippen MR) is 64.2 cm³/mol. The molecule has 1 aromatic carbocycles. The zero-order valence-electron chi connectivity index (χ0n) is 9.41. The number of carbonyl (C=O) groups excluding carboxylic acids is 1. The topological polar surface area (TPSA) is 41.1 Å². The number of hydrogen-bond acceptors (Lipinski definition) is 2. The average molecular weight is 218 g/mol. The molecule has 0 aliphatic heterocycles. The lowest BCUT2D eigenvalue weighted by Gasteiger charge is -2.05. The van der Waals surface area contributed by atoms with Crippen LogP contribution in [0, 0.1) is 0 Å². The van der Waals surface area contributed by atoms with E-state index in [1.807, 2.05) is 18.2 Å². The quantitative estimate of drug-likeness (QED) is 0.702. The van der Waals surface area contributed by atoms with Gasteiger partial charge in [-0.1, -0.05) is 30.3 Å². The van der Waals surface area contributed by atoms with Gasteiger partial charge in [0.05, 0.1) is 6.54 Å². The van der Waals surface area contributed by atoms with Crippen LogP contribution in [0.15, 0.2) is 30.3 Å². The molecule has 0 bridgehead atoms. The molecular formula is C13H18N2O. The lowest BCUT2D eigenvalue weighted by Crippen LogP contribution is -2.35. The molecular weight excluding hydrogens is 200 g/mol. The van der Waals surface area contributed by atoms with Crippen molar-refractivity contribution in [1.29, 1.82) is 0 Å². The van der Waals surface area contributed by atoms with Crippen LogP contribution in [0.1, 0.15) is 18.4 Å². The van der Waals surface area contributed by atoms with Gasteiger partial charge in [-0.15, -0.1) is 0 Å². The maximum atomic E-state index is 11.3. The summed E-state index contributed by atoms with van der Waals surface area (Å²) in [7, 11) is 0. The van der Waals surface area contributed by atoms with E-state index < -0.39 is 0 Å². The van der Waals surface area contributed by atoms with E-state index in [2.05, 4.69) is 22.8 Å². The lowest BCUT2D eigenvalue weighted by molar-refractivity contribution is -0.120. The molecule has 0 spiro atoms. The Balaban J connectivity index is 1.56. The van der Waals surface area contributed by atoms with E-state index >= 15 is 0 Å². The summed E-state index contributed by atoms with van der Waals surface area (Å²) in [5.74, 6) is 0.121. The molecule has 2 rings (SSSR count). The van der Waals surface area contributed by atoms with Crippen molar-refractivity contribution in [3.63, 3.8) is 0 Å². The molecule has 1 aliphatic rings. The first kappa shape index (κ1) is 11.1. The second-order valence-electron chi connectivity index (χ2n) is 4.25. The third kappa shape index (κ3) is 4.03. The largest absolute Gasteiger partial charge is 0.352 e. The number of benzene rings is 1. The first-order valence-electron chi connectivity index (χ1n) is 5.88. The van der Waals surface area contributed by atoms with E-state index in [0.29, 0.717) is 12.6 Å². The summed E-state index contributed by atoms with van der Waals surface area (Å²) in [5.41, 5.74) is 1.30. The summed E-state index contributed by atoms with van der Waals surface area (Å²) in [6.07, 6.45) is 3.27. The molecule has 1 amide bonds. The van der Waals surface area contributed by atoms with Crippen LogP contribution in [0.4, 0.5) is 0 Å². The Morgan fingerprint density at radius 3 is 2.69 bits per heavy atom. The number of carbonyl (C=O) groups is 1. The lowest BCUT2D eigenvalue weighted by atomic mass is 10.1. The smallest absolute Gasteiger partial charge is 0.234 e. The molecule has 1 fully saturated rings. The van der Waals surface area contributed by atoms with E-state index in [4.69, 9.17) is 0 Å². The Morgan fingerprint density at radius 1 is 1.25 bits per heavy atom. The highest BCUT2D eigenvalue weighted by atomic mass is 16.2. The summed E-state index contributed by atoms with van der Waals surface area (Å²) in [4.78, 5) is 11.3. The Bertz CT molecular complexity index is 333. The van der Waals surface area contributed by atoms with Gasteiger partial charge in [0.25, 0.3) is 0 Å². The van der Waals surface area contributed by atoms with Gasteiger partial charge in [-0.3, -0.25) is 4.79 Å². The zero-order valence-corrected chi connectivity index (χ0v) is 9.41. The molecule has 0 saturated heterocycles. The summed E-state index contributed by atoms with van der Waals surface area (Å²) >= 11 is 0. The molecule has 1 aromatic rings. The molecule has 0 radical (unpaired) electrons. The van der Waals surface area contributed by atoms with E-state index in [1.54, 1.807) is 0 Å². The van der Waals surface area contributed by atoms with Crippen LogP contribution >= 0.6 is 0 Å². The van der Waals surface area contributed by atoms with E-state index in [0.717, 1.165) is 25.8 Å². The Labute approximate surface area is 96.2 Å². The number of hydrogen-bond donors (Lipinski definition) is 2. The SMILES string of the molecule is O=C(CNCCc1ccccc1)NC1CC1. The van der Waals surface area contributed by atoms with Gasteiger partial charge >= 0.3 is 0 Å². The third-order valence-electron chi connectivity index (χ3n) is 2.66. The monoisotopic (exact) mass is 218 g/mol. The van der Waals surface area contributed by atoms with E-state index in [-0.39, 0.29) is 5.91 Å². The molecule has 86 valence electrons. The van der Waals surface area contributed by atoms with Crippen LogP contribution in [0.2, 0.25) is 0 Å². The van der Waals surface area contributed by atoms with Gasteiger partial charge in [-0.2, -0.15) is 0 Å². The maximum Gasteiger partial charge on any atom is 0.234 e. The minimum absolute atomic E-state index is 0.121. The van der Waals surface area contributed by atoms with Gasteiger partial charge in [0, 0.05) is 6.04 Å². The van der Waals surface area contributed by atoms with Gasteiger partial charge in [0.2, 0.25) is 5.91 Å². The highest BCUT2D eigenvalue weighted by molar-refractivity contribution is 5.78. The van der Waals surface area contributed by atoms with Crippen molar-refractivity contribution in [2.24, 2.45) is 0 Å². The van der Waals surface area contributed by atoms with Crippen LogP contribution in [0.25, 0.3) is 0 Å². The normalized spacial score (nSPS) is 14.8. The van der Waals surface area contributed by atoms with Crippen LogP contribution < -0.4 is 10.6 Å². The van der Waals surface area contributed by atoms with Crippen molar-refractivity contribution in [3.05, 3.63) is 35.9 Å². The second-order valence-corrected chi connectivity index (χ2v) is 4.25. The summed E-state index contributed by atoms with van der Waals surface area (Å²) in [6, 6.07) is 10.8. The van der Waals surface area contributed by atoms with Gasteiger partial charge in [-0.25, -0.2) is 0 Å². The number of amides is 1. The fourth-order valence-corrected chi connectivity index (χ4v) is 1.59. The Hall–Kier alpha value is -1.35. The molecule has 0 heterocycles. The van der Waals surface area contributed by atoms with Gasteiger partial charge in [-0.05, 0) is 31.4 Å². The van der Waals surface area contributed by atoms with E-state index in [1.165, 1.54) is 5.56 Å². The van der Waals surface area contributed by atoms with Crippen molar-refractivity contribution in [2.45, 2.75) is 25.3 Å². The van der Waals surface area contributed by atoms with E-state index in [9.17, 15) is 4.79 Å². The predicted octanol–water partition coefficient (Wildman–Crippen LogP) is 1.10. The van der Waals surface area contributed by atoms with Crippen molar-refractivity contribution in [2.75, 3.05) is 13.1 Å². The van der Waals surface area contributed by atoms with Crippen LogP contribution in [-0.4, -0.2) is 25.0 Å². The standard InChI is InChI=1S/C13H18N2O/c16-13(15-12-6-7-12)10-14-9-8-11-4-2-1-3-5-11/h1-5,12,14H,6-10H2,(H,15,16). The number of nitrogens with one attached hydrogen (secondary N) is 2. The van der Waals surface area contributed by atoms with Crippen LogP contribution in [-0.2, 0) is 11.2 Å². The average Bonchev–Trinajstić information content (AvgIpc) is 3.10. The molecule has 16 heavy (non-hydrogen) atoms.